The third-order valence-corrected chi connectivity index (χ3v) is 1.83. The molecule has 0 aliphatic carbocycles. The largest absolute Gasteiger partial charge is 0.356 e. The smallest absolute Gasteiger partial charge is 0.295 e. The van der Waals surface area contributed by atoms with Gasteiger partial charge in [-0.2, -0.15) is 4.68 Å². The van der Waals surface area contributed by atoms with Crippen molar-refractivity contribution < 1.29 is 0 Å². The molecular weight excluding hydrogens is 182 g/mol. The molecule has 0 unspecified atom stereocenters. The van der Waals surface area contributed by atoms with Crippen LogP contribution in [-0.4, -0.2) is 21.9 Å². The summed E-state index contributed by atoms with van der Waals surface area (Å²) in [4.78, 5) is 11.7. The van der Waals surface area contributed by atoms with E-state index in [1.165, 1.54) is 0 Å². The lowest BCUT2D eigenvalue weighted by atomic mass is 9.93. The second-order valence-electron chi connectivity index (χ2n) is 4.05. The second kappa shape index (κ2) is 3.28. The van der Waals surface area contributed by atoms with E-state index in [-0.39, 0.29) is 16.9 Å². The summed E-state index contributed by atoms with van der Waals surface area (Å²) in [7, 11) is 1.63. The first kappa shape index (κ1) is 10.5. The number of nitrogen functional groups attached to an aromatic ring is 1. The molecule has 0 aromatic carbocycles. The maximum absolute atomic E-state index is 11.7. The summed E-state index contributed by atoms with van der Waals surface area (Å²) in [5.41, 5.74) is -0.312. The van der Waals surface area contributed by atoms with Crippen LogP contribution in [-0.2, 0) is 5.41 Å². The van der Waals surface area contributed by atoms with Crippen LogP contribution in [0.1, 0.15) is 26.5 Å². The van der Waals surface area contributed by atoms with Crippen molar-refractivity contribution in [3.05, 3.63) is 16.0 Å². The molecule has 0 bridgehead atoms. The van der Waals surface area contributed by atoms with E-state index in [9.17, 15) is 4.79 Å². The van der Waals surface area contributed by atoms with Crippen molar-refractivity contribution in [1.29, 1.82) is 0 Å². The average molecular weight is 197 g/mol. The van der Waals surface area contributed by atoms with Gasteiger partial charge in [0.1, 0.15) is 5.69 Å². The molecule has 0 atom stereocenters. The predicted molar refractivity (Wildman–Crippen MR) is 54.7 cm³/mol. The highest BCUT2D eigenvalue weighted by molar-refractivity contribution is 5.24. The number of rotatable bonds is 1. The number of hydrogen-bond donors (Lipinski definition) is 2. The number of nitrogens with one attached hydrogen (secondary N) is 1. The van der Waals surface area contributed by atoms with Crippen LogP contribution in [0.25, 0.3) is 0 Å². The number of anilines is 1. The molecule has 0 radical (unpaired) electrons. The summed E-state index contributed by atoms with van der Waals surface area (Å²) in [6, 6.07) is 0. The molecule has 1 rings (SSSR count). The van der Waals surface area contributed by atoms with Crippen LogP contribution in [0, 0.1) is 0 Å². The summed E-state index contributed by atoms with van der Waals surface area (Å²) in [5.74, 6) is 5.78. The minimum Gasteiger partial charge on any atom is -0.356 e. The minimum atomic E-state index is -0.350. The Morgan fingerprint density at radius 2 is 1.93 bits per heavy atom. The van der Waals surface area contributed by atoms with E-state index in [0.717, 1.165) is 4.68 Å². The molecule has 14 heavy (non-hydrogen) atoms. The zero-order chi connectivity index (χ0) is 10.9. The van der Waals surface area contributed by atoms with Crippen LogP contribution in [0.5, 0.6) is 0 Å². The molecule has 0 aliphatic heterocycles. The van der Waals surface area contributed by atoms with Gasteiger partial charge in [0, 0.05) is 12.5 Å². The number of nitrogens with two attached hydrogens (primary N) is 1. The number of aromatic nitrogens is 3. The monoisotopic (exact) mass is 197 g/mol. The maximum Gasteiger partial charge on any atom is 0.295 e. The summed E-state index contributed by atoms with van der Waals surface area (Å²) in [6.07, 6.45) is 0. The second-order valence-corrected chi connectivity index (χ2v) is 4.05. The lowest BCUT2D eigenvalue weighted by Gasteiger charge is -2.16. The lowest BCUT2D eigenvalue weighted by molar-refractivity contribution is 0.539. The van der Waals surface area contributed by atoms with Crippen molar-refractivity contribution in [2.75, 3.05) is 18.2 Å². The Kier molecular flexibility index (Phi) is 2.46. The standard InChI is InChI=1S/C8H15N5O/c1-8(2,3)5-6(14)13(9)7(10-4)12-11-5/h9H2,1-4H3,(H,10,12). The van der Waals surface area contributed by atoms with Crippen LogP contribution in [0.15, 0.2) is 4.79 Å². The lowest BCUT2D eigenvalue weighted by Crippen LogP contribution is -2.38. The molecule has 0 saturated carbocycles. The van der Waals surface area contributed by atoms with E-state index < -0.39 is 0 Å². The van der Waals surface area contributed by atoms with Gasteiger partial charge in [0.15, 0.2) is 0 Å². The Balaban J connectivity index is 3.40. The van der Waals surface area contributed by atoms with Gasteiger partial charge in [0.25, 0.3) is 5.56 Å². The van der Waals surface area contributed by atoms with Crippen LogP contribution < -0.4 is 16.7 Å². The Bertz CT molecular complexity index is 390. The fraction of sp³-hybridized carbons (Fsp3) is 0.625. The Morgan fingerprint density at radius 1 is 1.36 bits per heavy atom. The van der Waals surface area contributed by atoms with Crippen molar-refractivity contribution in [1.82, 2.24) is 14.9 Å². The zero-order valence-corrected chi connectivity index (χ0v) is 8.83. The van der Waals surface area contributed by atoms with E-state index in [1.54, 1.807) is 7.05 Å². The summed E-state index contributed by atoms with van der Waals surface area (Å²) < 4.78 is 0.966. The van der Waals surface area contributed by atoms with Gasteiger partial charge in [-0.25, -0.2) is 0 Å². The highest BCUT2D eigenvalue weighted by Gasteiger charge is 2.22. The van der Waals surface area contributed by atoms with E-state index in [4.69, 9.17) is 5.84 Å². The van der Waals surface area contributed by atoms with Gasteiger partial charge in [0.05, 0.1) is 0 Å². The molecule has 1 aromatic rings. The van der Waals surface area contributed by atoms with Gasteiger partial charge in [-0.1, -0.05) is 20.8 Å². The first-order chi connectivity index (χ1) is 6.38. The fourth-order valence-corrected chi connectivity index (χ4v) is 1.04. The van der Waals surface area contributed by atoms with E-state index in [1.807, 2.05) is 20.8 Å². The van der Waals surface area contributed by atoms with Crippen molar-refractivity contribution in [2.45, 2.75) is 26.2 Å². The third-order valence-electron chi connectivity index (χ3n) is 1.83. The highest BCUT2D eigenvalue weighted by atomic mass is 16.1. The van der Waals surface area contributed by atoms with Crippen LogP contribution in [0.3, 0.4) is 0 Å². The Hall–Kier alpha value is -1.59. The summed E-state index contributed by atoms with van der Waals surface area (Å²) >= 11 is 0. The van der Waals surface area contributed by atoms with Crippen molar-refractivity contribution in [2.24, 2.45) is 0 Å². The molecular formula is C8H15N5O. The molecule has 3 N–H and O–H groups in total. The normalized spacial score (nSPS) is 11.4. The first-order valence-corrected chi connectivity index (χ1v) is 4.31. The number of nitrogens with zero attached hydrogens (tertiary/aromatic N) is 3. The number of hydrogen-bond acceptors (Lipinski definition) is 5. The van der Waals surface area contributed by atoms with Gasteiger partial charge in [-0.3, -0.25) is 4.79 Å². The predicted octanol–water partition coefficient (Wildman–Crippen LogP) is -0.309. The minimum absolute atomic E-state index is 0.253. The van der Waals surface area contributed by atoms with Crippen LogP contribution in [0.4, 0.5) is 5.95 Å². The van der Waals surface area contributed by atoms with Crippen molar-refractivity contribution in [3.8, 4) is 0 Å². The first-order valence-electron chi connectivity index (χ1n) is 4.31. The summed E-state index contributed by atoms with van der Waals surface area (Å²) in [6.45, 7) is 5.66. The Morgan fingerprint density at radius 3 is 2.36 bits per heavy atom. The van der Waals surface area contributed by atoms with Crippen molar-refractivity contribution >= 4 is 5.95 Å². The molecule has 0 spiro atoms. The molecule has 6 heteroatoms. The van der Waals surface area contributed by atoms with E-state index in [0.29, 0.717) is 5.69 Å². The molecule has 0 aliphatic rings. The average Bonchev–Trinajstić information content (AvgIpc) is 2.07. The van der Waals surface area contributed by atoms with Gasteiger partial charge in [-0.05, 0) is 0 Å². The molecule has 1 heterocycles. The molecule has 0 saturated heterocycles. The van der Waals surface area contributed by atoms with Crippen LogP contribution >= 0.6 is 0 Å². The van der Waals surface area contributed by atoms with Gasteiger partial charge >= 0.3 is 0 Å². The Labute approximate surface area is 82.1 Å². The van der Waals surface area contributed by atoms with Crippen LogP contribution in [0.2, 0.25) is 0 Å². The molecule has 6 nitrogen and oxygen atoms in total. The molecule has 1 aromatic heterocycles. The van der Waals surface area contributed by atoms with E-state index in [2.05, 4.69) is 15.5 Å². The molecule has 78 valence electrons. The maximum atomic E-state index is 11.7. The highest BCUT2D eigenvalue weighted by Crippen LogP contribution is 2.15. The quantitative estimate of drug-likeness (QED) is 0.603. The van der Waals surface area contributed by atoms with Gasteiger partial charge < -0.3 is 11.2 Å². The van der Waals surface area contributed by atoms with E-state index >= 15 is 0 Å². The van der Waals surface area contributed by atoms with Crippen molar-refractivity contribution in [3.63, 3.8) is 0 Å². The SMILES string of the molecule is CNc1nnc(C(C)(C)C)c(=O)n1N. The summed E-state index contributed by atoms with van der Waals surface area (Å²) in [5, 5.41) is 10.3. The molecule has 0 amide bonds. The zero-order valence-electron chi connectivity index (χ0n) is 8.83. The van der Waals surface area contributed by atoms with Gasteiger partial charge in [0.2, 0.25) is 5.95 Å². The third kappa shape index (κ3) is 1.68. The topological polar surface area (TPSA) is 85.8 Å². The van der Waals surface area contributed by atoms with Gasteiger partial charge in [-0.15, -0.1) is 10.2 Å². The fourth-order valence-electron chi connectivity index (χ4n) is 1.04. The molecule has 0 fully saturated rings.